The lowest BCUT2D eigenvalue weighted by Gasteiger charge is -2.16. The van der Waals surface area contributed by atoms with E-state index >= 15 is 0 Å². The number of rotatable bonds is 3. The van der Waals surface area contributed by atoms with Gasteiger partial charge in [0.05, 0.1) is 16.3 Å². The minimum atomic E-state index is -4.68. The van der Waals surface area contributed by atoms with Gasteiger partial charge < -0.3 is 10.4 Å². The monoisotopic (exact) mass is 346 g/mol. The number of phenols is 1. The maximum absolute atomic E-state index is 12.9. The largest absolute Gasteiger partial charge is 0.506 e. The highest BCUT2D eigenvalue weighted by molar-refractivity contribution is 6.31. The number of carbonyl (C=O) groups excluding carboxylic acids is 1. The Labute approximate surface area is 135 Å². The van der Waals surface area contributed by atoms with Crippen molar-refractivity contribution in [1.82, 2.24) is 0 Å². The van der Waals surface area contributed by atoms with Crippen molar-refractivity contribution in [2.45, 2.75) is 25.9 Å². The lowest BCUT2D eigenvalue weighted by atomic mass is 10.0. The van der Waals surface area contributed by atoms with Gasteiger partial charge in [-0.15, -0.1) is 0 Å². The van der Waals surface area contributed by atoms with Gasteiger partial charge in [-0.3, -0.25) is 9.79 Å². The van der Waals surface area contributed by atoms with Crippen molar-refractivity contribution >= 4 is 29.4 Å². The lowest BCUT2D eigenvalue weighted by molar-refractivity contribution is -0.137. The molecule has 23 heavy (non-hydrogen) atoms. The zero-order chi connectivity index (χ0) is 17.2. The standard InChI is InChI=1S/C15H14ClF3N2O2/c1-2-8-7-20-4-3-9(8)14(23)21-12-5-10(15(17,18)19)11(16)6-13(12)22/h5-7,22H,2-4H2,1H3,(H,21,23). The van der Waals surface area contributed by atoms with E-state index in [1.165, 1.54) is 0 Å². The van der Waals surface area contributed by atoms with Crippen LogP contribution in [0.4, 0.5) is 18.9 Å². The molecular weight excluding hydrogens is 333 g/mol. The molecule has 1 heterocycles. The first-order valence-electron chi connectivity index (χ1n) is 6.87. The second-order valence-electron chi connectivity index (χ2n) is 4.94. The third-order valence-corrected chi connectivity index (χ3v) is 3.73. The fraction of sp³-hybridized carbons (Fsp3) is 0.333. The third-order valence-electron chi connectivity index (χ3n) is 3.42. The summed E-state index contributed by atoms with van der Waals surface area (Å²) < 4.78 is 38.6. The molecule has 0 unspecified atom stereocenters. The number of nitrogens with one attached hydrogen (secondary N) is 1. The van der Waals surface area contributed by atoms with Crippen molar-refractivity contribution in [3.8, 4) is 5.75 Å². The zero-order valence-corrected chi connectivity index (χ0v) is 12.9. The molecule has 0 spiro atoms. The fourth-order valence-electron chi connectivity index (χ4n) is 2.23. The minimum Gasteiger partial charge on any atom is -0.506 e. The molecule has 0 saturated heterocycles. The fourth-order valence-corrected chi connectivity index (χ4v) is 2.50. The smallest absolute Gasteiger partial charge is 0.417 e. The summed E-state index contributed by atoms with van der Waals surface area (Å²) in [5, 5.41) is 11.4. The Morgan fingerprint density at radius 2 is 2.13 bits per heavy atom. The van der Waals surface area contributed by atoms with Crippen molar-refractivity contribution in [3.63, 3.8) is 0 Å². The van der Waals surface area contributed by atoms with E-state index < -0.39 is 28.4 Å². The lowest BCUT2D eigenvalue weighted by Crippen LogP contribution is -2.20. The summed E-state index contributed by atoms with van der Waals surface area (Å²) in [7, 11) is 0. The Morgan fingerprint density at radius 1 is 1.43 bits per heavy atom. The second-order valence-corrected chi connectivity index (χ2v) is 5.35. The second kappa shape index (κ2) is 6.62. The van der Waals surface area contributed by atoms with Crippen LogP contribution in [-0.4, -0.2) is 23.8 Å². The average Bonchev–Trinajstić information content (AvgIpc) is 2.48. The van der Waals surface area contributed by atoms with Gasteiger partial charge in [0.1, 0.15) is 5.75 Å². The first-order valence-corrected chi connectivity index (χ1v) is 7.24. The Hall–Kier alpha value is -2.02. The summed E-state index contributed by atoms with van der Waals surface area (Å²) >= 11 is 5.50. The molecule has 1 aliphatic heterocycles. The van der Waals surface area contributed by atoms with Gasteiger partial charge in [-0.1, -0.05) is 18.5 Å². The van der Waals surface area contributed by atoms with Crippen LogP contribution >= 0.6 is 11.6 Å². The van der Waals surface area contributed by atoms with Gasteiger partial charge in [0, 0.05) is 24.4 Å². The van der Waals surface area contributed by atoms with Gasteiger partial charge >= 0.3 is 6.18 Å². The molecule has 1 aromatic rings. The molecule has 0 saturated carbocycles. The molecule has 0 aliphatic carbocycles. The molecule has 1 amide bonds. The molecule has 1 aliphatic rings. The van der Waals surface area contributed by atoms with Crippen LogP contribution in [0.15, 0.2) is 28.3 Å². The first kappa shape index (κ1) is 17.3. The summed E-state index contributed by atoms with van der Waals surface area (Å²) in [5.41, 5.74) is -0.289. The summed E-state index contributed by atoms with van der Waals surface area (Å²) in [6.07, 6.45) is -2.13. The number of phenolic OH excluding ortho intramolecular Hbond substituents is 1. The summed E-state index contributed by atoms with van der Waals surface area (Å²) in [4.78, 5) is 16.3. The van der Waals surface area contributed by atoms with Crippen molar-refractivity contribution in [2.75, 3.05) is 11.9 Å². The topological polar surface area (TPSA) is 61.7 Å². The molecule has 2 rings (SSSR count). The number of amides is 1. The Kier molecular flexibility index (Phi) is 4.99. The third kappa shape index (κ3) is 3.85. The Bertz CT molecular complexity index is 697. The summed E-state index contributed by atoms with van der Waals surface area (Å²) in [6, 6.07) is 1.39. The number of hydrogen-bond donors (Lipinski definition) is 2. The molecule has 8 heteroatoms. The van der Waals surface area contributed by atoms with Gasteiger partial charge in [0.25, 0.3) is 5.91 Å². The van der Waals surface area contributed by atoms with Crippen molar-refractivity contribution in [2.24, 2.45) is 4.99 Å². The number of aliphatic imine (C=N–C) groups is 1. The van der Waals surface area contributed by atoms with Gasteiger partial charge in [0.15, 0.2) is 0 Å². The van der Waals surface area contributed by atoms with Crippen LogP contribution in [0.25, 0.3) is 0 Å². The number of anilines is 1. The number of halogens is 4. The zero-order valence-electron chi connectivity index (χ0n) is 12.2. The number of hydrogen-bond acceptors (Lipinski definition) is 3. The van der Waals surface area contributed by atoms with Crippen LogP contribution in [-0.2, 0) is 11.0 Å². The van der Waals surface area contributed by atoms with E-state index in [9.17, 15) is 23.1 Å². The van der Waals surface area contributed by atoms with E-state index in [0.717, 1.165) is 11.6 Å². The van der Waals surface area contributed by atoms with Gasteiger partial charge in [-0.25, -0.2) is 0 Å². The SMILES string of the molecule is CCC1=C(C(=O)Nc2cc(C(F)(F)F)c(Cl)cc2O)CCN=C1. The predicted molar refractivity (Wildman–Crippen MR) is 82.0 cm³/mol. The van der Waals surface area contributed by atoms with E-state index in [0.29, 0.717) is 31.0 Å². The van der Waals surface area contributed by atoms with E-state index in [-0.39, 0.29) is 5.69 Å². The molecule has 0 atom stereocenters. The number of dihydropyridines is 1. The van der Waals surface area contributed by atoms with Crippen LogP contribution < -0.4 is 5.32 Å². The Balaban J connectivity index is 2.35. The number of carbonyl (C=O) groups is 1. The molecule has 0 bridgehead atoms. The molecule has 2 N–H and O–H groups in total. The molecule has 0 radical (unpaired) electrons. The first-order chi connectivity index (χ1) is 10.7. The van der Waals surface area contributed by atoms with Gasteiger partial charge in [-0.2, -0.15) is 13.2 Å². The predicted octanol–water partition coefficient (Wildman–Crippen LogP) is 4.18. The van der Waals surface area contributed by atoms with Crippen molar-refractivity contribution in [3.05, 3.63) is 33.9 Å². The van der Waals surface area contributed by atoms with E-state index in [1.807, 2.05) is 6.92 Å². The number of alkyl halides is 3. The molecule has 0 fully saturated rings. The number of nitrogens with zero attached hydrogens (tertiary/aromatic N) is 1. The highest BCUT2D eigenvalue weighted by atomic mass is 35.5. The molecule has 4 nitrogen and oxygen atoms in total. The number of benzene rings is 1. The quantitative estimate of drug-likeness (QED) is 0.806. The maximum atomic E-state index is 12.9. The molecule has 0 aromatic heterocycles. The molecule has 1 aromatic carbocycles. The van der Waals surface area contributed by atoms with Crippen LogP contribution in [0.5, 0.6) is 5.75 Å². The van der Waals surface area contributed by atoms with Crippen molar-refractivity contribution < 1.29 is 23.1 Å². The summed E-state index contributed by atoms with van der Waals surface area (Å²) in [5.74, 6) is -1.08. The summed E-state index contributed by atoms with van der Waals surface area (Å²) in [6.45, 7) is 2.29. The number of aromatic hydroxyl groups is 1. The average molecular weight is 347 g/mol. The van der Waals surface area contributed by atoms with Crippen LogP contribution in [0.2, 0.25) is 5.02 Å². The van der Waals surface area contributed by atoms with E-state index in [4.69, 9.17) is 11.6 Å². The van der Waals surface area contributed by atoms with Crippen LogP contribution in [0.1, 0.15) is 25.3 Å². The minimum absolute atomic E-state index is 0.336. The van der Waals surface area contributed by atoms with Gasteiger partial charge in [0.2, 0.25) is 0 Å². The highest BCUT2D eigenvalue weighted by Crippen LogP contribution is 2.40. The number of allylic oxidation sites excluding steroid dienone is 1. The van der Waals surface area contributed by atoms with E-state index in [2.05, 4.69) is 10.3 Å². The highest BCUT2D eigenvalue weighted by Gasteiger charge is 2.34. The van der Waals surface area contributed by atoms with Crippen molar-refractivity contribution in [1.29, 1.82) is 0 Å². The van der Waals surface area contributed by atoms with E-state index in [1.54, 1.807) is 6.21 Å². The molecular formula is C15H14ClF3N2O2. The Morgan fingerprint density at radius 3 is 2.74 bits per heavy atom. The maximum Gasteiger partial charge on any atom is 0.417 e. The van der Waals surface area contributed by atoms with Crippen LogP contribution in [0, 0.1) is 0 Å². The normalized spacial score (nSPS) is 15.0. The van der Waals surface area contributed by atoms with Crippen LogP contribution in [0.3, 0.4) is 0 Å². The molecule has 124 valence electrons. The van der Waals surface area contributed by atoms with Gasteiger partial charge in [-0.05, 0) is 24.5 Å².